The maximum Gasteiger partial charge on any atom is 0.281 e. The zero-order valence-electron chi connectivity index (χ0n) is 47.6. The molecule has 2 aromatic heterocycles. The van der Waals surface area contributed by atoms with Crippen LogP contribution < -0.4 is 5.56 Å². The Morgan fingerprint density at radius 2 is 0.975 bits per heavy atom. The van der Waals surface area contributed by atoms with E-state index >= 15 is 0 Å². The summed E-state index contributed by atoms with van der Waals surface area (Å²) in [6.07, 6.45) is -4.12. The van der Waals surface area contributed by atoms with Crippen LogP contribution in [-0.2, 0) is 75.0 Å². The molecule has 9 atom stereocenters. The first-order valence-electron chi connectivity index (χ1n) is 27.7. The van der Waals surface area contributed by atoms with Crippen molar-refractivity contribution in [2.45, 2.75) is 166 Å². The predicted molar refractivity (Wildman–Crippen MR) is 311 cm³/mol. The van der Waals surface area contributed by atoms with Crippen molar-refractivity contribution in [3.63, 3.8) is 0 Å². The molecule has 5 aromatic carbocycles. The van der Waals surface area contributed by atoms with Gasteiger partial charge in [-0.15, -0.1) is 0 Å². The Kier molecular flexibility index (Phi) is 18.8. The van der Waals surface area contributed by atoms with Crippen LogP contribution in [0.2, 0.25) is 36.3 Å². The molecule has 0 spiro atoms. The van der Waals surface area contributed by atoms with Gasteiger partial charge in [-0.2, -0.15) is 0 Å². The molecule has 0 N–H and O–H groups in total. The second-order valence-electron chi connectivity index (χ2n) is 23.9. The summed E-state index contributed by atoms with van der Waals surface area (Å²) in [4.78, 5) is 24.0. The smallest absolute Gasteiger partial charge is 0.281 e. The highest BCUT2D eigenvalue weighted by molar-refractivity contribution is 6.74. The van der Waals surface area contributed by atoms with Crippen LogP contribution in [0, 0.1) is 0 Å². The third-order valence-electron chi connectivity index (χ3n) is 16.1. The van der Waals surface area contributed by atoms with E-state index in [1.54, 1.807) is 17.2 Å². The van der Waals surface area contributed by atoms with Crippen LogP contribution >= 0.6 is 0 Å². The number of aromatic nitrogens is 4. The largest absolute Gasteiger partial charge is 0.414 e. The molecule has 4 heterocycles. The van der Waals surface area contributed by atoms with Crippen LogP contribution in [0.5, 0.6) is 0 Å². The van der Waals surface area contributed by atoms with Crippen molar-refractivity contribution >= 4 is 27.8 Å². The fraction of sp³-hybridized carbons (Fsp3) is 0.444. The number of rotatable bonds is 23. The molecule has 79 heavy (non-hydrogen) atoms. The van der Waals surface area contributed by atoms with E-state index in [9.17, 15) is 4.79 Å². The van der Waals surface area contributed by atoms with Crippen LogP contribution in [0.25, 0.3) is 11.2 Å². The van der Waals surface area contributed by atoms with E-state index in [1.165, 1.54) is 0 Å². The SMILES string of the molecule is CC(C)(C)[Si](C)(C)OC[C@H]1O[C@@H](n2cnc3c(=O)n(Cc4ccccc4)cnc32)[C@H](O[Si](C)(C)C(C)(C)C)[C@@H]1O[C@H]1O[C@H](COCc2ccccc2)[C@@H](OCc2ccccc2)[C@H](OCc2ccccc2)[C@H]1OCc1ccccc1. The number of hydrogen-bond acceptors (Lipinski definition) is 12. The van der Waals surface area contributed by atoms with Gasteiger partial charge in [0.25, 0.3) is 5.56 Å². The monoisotopic (exact) mass is 1110 g/mol. The molecule has 9 rings (SSSR count). The number of ether oxygens (including phenoxy) is 7. The molecule has 0 radical (unpaired) electrons. The van der Waals surface area contributed by atoms with Crippen LogP contribution in [0.4, 0.5) is 0 Å². The van der Waals surface area contributed by atoms with E-state index in [1.807, 2.05) is 156 Å². The molecular weight excluding hydrogens is 1030 g/mol. The molecule has 0 aliphatic carbocycles. The molecule has 0 bridgehead atoms. The number of imidazole rings is 1. The number of benzene rings is 5. The minimum atomic E-state index is -2.69. The van der Waals surface area contributed by atoms with Gasteiger partial charge in [0.15, 0.2) is 40.3 Å². The first-order valence-corrected chi connectivity index (χ1v) is 33.5. The van der Waals surface area contributed by atoms with Gasteiger partial charge in [-0.1, -0.05) is 193 Å². The second-order valence-corrected chi connectivity index (χ2v) is 33.5. The maximum atomic E-state index is 14.3. The summed E-state index contributed by atoms with van der Waals surface area (Å²) in [5.41, 5.74) is 5.26. The van der Waals surface area contributed by atoms with E-state index in [4.69, 9.17) is 52.0 Å². The maximum absolute atomic E-state index is 14.3. The first kappa shape index (κ1) is 58.2. The van der Waals surface area contributed by atoms with Crippen molar-refractivity contribution in [1.29, 1.82) is 0 Å². The molecule has 2 aliphatic heterocycles. The van der Waals surface area contributed by atoms with Crippen molar-refractivity contribution in [2.75, 3.05) is 13.2 Å². The Bertz CT molecular complexity index is 3050. The van der Waals surface area contributed by atoms with Gasteiger partial charge in [-0.05, 0) is 64.1 Å². The van der Waals surface area contributed by atoms with Crippen molar-refractivity contribution in [1.82, 2.24) is 19.1 Å². The van der Waals surface area contributed by atoms with Gasteiger partial charge >= 0.3 is 0 Å². The average molecular weight is 1110 g/mol. The van der Waals surface area contributed by atoms with Crippen molar-refractivity contribution in [2.24, 2.45) is 0 Å². The highest BCUT2D eigenvalue weighted by Gasteiger charge is 2.57. The molecule has 420 valence electrons. The fourth-order valence-corrected chi connectivity index (χ4v) is 11.7. The summed E-state index contributed by atoms with van der Waals surface area (Å²) >= 11 is 0. The van der Waals surface area contributed by atoms with Gasteiger partial charge in [-0.3, -0.25) is 13.9 Å². The number of fused-ring (bicyclic) bond motifs is 1. The lowest BCUT2D eigenvalue weighted by atomic mass is 9.97. The van der Waals surface area contributed by atoms with Crippen LogP contribution in [-0.4, -0.2) is 98.0 Å². The average Bonchev–Trinajstić information content (AvgIpc) is 4.22. The molecule has 0 unspecified atom stereocenters. The Balaban J connectivity index is 1.16. The van der Waals surface area contributed by atoms with Crippen molar-refractivity contribution in [3.05, 3.63) is 202 Å². The summed E-state index contributed by atoms with van der Waals surface area (Å²) in [7, 11) is -5.09. The minimum Gasteiger partial charge on any atom is -0.414 e. The molecular formula is C63H80N4O10Si2. The highest BCUT2D eigenvalue weighted by atomic mass is 28.4. The van der Waals surface area contributed by atoms with E-state index in [0.29, 0.717) is 18.8 Å². The second kappa shape index (κ2) is 25.5. The Hall–Kier alpha value is -5.48. The Labute approximate surface area is 468 Å². The zero-order chi connectivity index (χ0) is 55.8. The van der Waals surface area contributed by atoms with Crippen LogP contribution in [0.3, 0.4) is 0 Å². The summed E-state index contributed by atoms with van der Waals surface area (Å²) in [5.74, 6) is 0. The fourth-order valence-electron chi connectivity index (χ4n) is 9.42. The Morgan fingerprint density at radius 1 is 0.506 bits per heavy atom. The van der Waals surface area contributed by atoms with Gasteiger partial charge in [0.2, 0.25) is 0 Å². The van der Waals surface area contributed by atoms with Gasteiger partial charge in [0, 0.05) is 0 Å². The summed E-state index contributed by atoms with van der Waals surface area (Å²) in [5, 5.41) is -0.349. The minimum absolute atomic E-state index is 0.115. The van der Waals surface area contributed by atoms with E-state index in [-0.39, 0.29) is 54.2 Å². The standard InChI is InChI=1S/C63H80N4O10Si2/c1-62(2,3)78(7,8)73-42-51-54(56(77-79(9,10)63(4,5)6)60(74-51)67-44-64-52-58(67)65-43-66(59(52)68)36-45-26-16-11-17-27-45)76-61-57(72-40-49-34-24-15-25-35-49)55(71-39-48-32-22-14-23-33-48)53(70-38-47-30-20-13-21-31-47)50(75-61)41-69-37-46-28-18-12-19-29-46/h11-35,43-44,50-51,53-57,60-61H,36-42H2,1-10H3/t50-,51-,53-,54-,55+,56-,57-,60-,61-/m1/s1. The van der Waals surface area contributed by atoms with Gasteiger partial charge in [0.05, 0.1) is 52.5 Å². The molecule has 0 saturated carbocycles. The van der Waals surface area contributed by atoms with Gasteiger partial charge < -0.3 is 42.0 Å². The van der Waals surface area contributed by atoms with Crippen molar-refractivity contribution < 1.29 is 42.0 Å². The molecule has 2 aliphatic rings. The van der Waals surface area contributed by atoms with Gasteiger partial charge in [-0.25, -0.2) is 9.97 Å². The topological polar surface area (TPSA) is 136 Å². The van der Waals surface area contributed by atoms with E-state index in [0.717, 1.165) is 27.8 Å². The summed E-state index contributed by atoms with van der Waals surface area (Å²) < 4.78 is 68.4. The van der Waals surface area contributed by atoms with Gasteiger partial charge in [0.1, 0.15) is 49.1 Å². The zero-order valence-corrected chi connectivity index (χ0v) is 49.6. The molecule has 14 nitrogen and oxygen atoms in total. The lowest BCUT2D eigenvalue weighted by molar-refractivity contribution is -0.341. The lowest BCUT2D eigenvalue weighted by Gasteiger charge is -2.47. The number of nitrogens with zero attached hydrogens (tertiary/aromatic N) is 4. The number of hydrogen-bond donors (Lipinski definition) is 0. The lowest BCUT2D eigenvalue weighted by Crippen LogP contribution is -2.63. The Morgan fingerprint density at radius 3 is 1.49 bits per heavy atom. The third-order valence-corrected chi connectivity index (χ3v) is 25.1. The summed E-state index contributed by atoms with van der Waals surface area (Å²) in [6.45, 7) is 24.0. The highest BCUT2D eigenvalue weighted by Crippen LogP contribution is 2.45. The molecule has 2 saturated heterocycles. The molecule has 0 amide bonds. The molecule has 16 heteroatoms. The third kappa shape index (κ3) is 14.4. The van der Waals surface area contributed by atoms with E-state index in [2.05, 4.69) is 67.7 Å². The molecule has 2 fully saturated rings. The predicted octanol–water partition coefficient (Wildman–Crippen LogP) is 12.0. The normalized spacial score (nSPS) is 23.1. The van der Waals surface area contributed by atoms with Crippen LogP contribution in [0.1, 0.15) is 75.6 Å². The quantitative estimate of drug-likeness (QED) is 0.0564. The first-order chi connectivity index (χ1) is 37.8. The van der Waals surface area contributed by atoms with Crippen LogP contribution in [0.15, 0.2) is 169 Å². The van der Waals surface area contributed by atoms with Crippen molar-refractivity contribution in [3.8, 4) is 0 Å². The molecule has 7 aromatic rings. The van der Waals surface area contributed by atoms with E-state index < -0.39 is 71.9 Å². The summed E-state index contributed by atoms with van der Waals surface area (Å²) in [6, 6.07) is 50.2.